The van der Waals surface area contributed by atoms with Gasteiger partial charge in [0.1, 0.15) is 0 Å². The van der Waals surface area contributed by atoms with Crippen LogP contribution in [0.15, 0.2) is 57.9 Å². The molecule has 2 aromatic carbocycles. The van der Waals surface area contributed by atoms with Gasteiger partial charge in [0, 0.05) is 24.1 Å². The van der Waals surface area contributed by atoms with Crippen LogP contribution in [0.3, 0.4) is 0 Å². The third kappa shape index (κ3) is 5.74. The van der Waals surface area contributed by atoms with Crippen molar-refractivity contribution in [2.24, 2.45) is 10.6 Å². The lowest BCUT2D eigenvalue weighted by Crippen LogP contribution is -2.23. The summed E-state index contributed by atoms with van der Waals surface area (Å²) in [5.74, 6) is 0.656. The van der Waals surface area contributed by atoms with Crippen molar-refractivity contribution in [3.8, 4) is 11.4 Å². The fraction of sp³-hybridized carbons (Fsp3) is 0.286. The van der Waals surface area contributed by atoms with E-state index in [1.165, 1.54) is 12.1 Å². The lowest BCUT2D eigenvalue weighted by molar-refractivity contribution is 0.0951. The third-order valence-electron chi connectivity index (χ3n) is 4.21. The summed E-state index contributed by atoms with van der Waals surface area (Å²) in [6.45, 7) is 6.41. The maximum atomic E-state index is 12.6. The number of nitrogens with one attached hydrogen (secondary N) is 1. The van der Waals surface area contributed by atoms with E-state index in [1.54, 1.807) is 36.4 Å². The quantitative estimate of drug-likeness (QED) is 0.621. The van der Waals surface area contributed by atoms with E-state index in [9.17, 15) is 13.2 Å². The van der Waals surface area contributed by atoms with Crippen molar-refractivity contribution in [2.45, 2.75) is 38.6 Å². The Bertz CT molecular complexity index is 1160. The highest BCUT2D eigenvalue weighted by atomic mass is 32.2. The van der Waals surface area contributed by atoms with Crippen LogP contribution in [0.4, 0.5) is 0 Å². The predicted octanol–water partition coefficient (Wildman–Crippen LogP) is 2.90. The first kappa shape index (κ1) is 21.7. The summed E-state index contributed by atoms with van der Waals surface area (Å²) < 4.78 is 28.3. The minimum atomic E-state index is -3.80. The van der Waals surface area contributed by atoms with Crippen LogP contribution in [-0.2, 0) is 23.0 Å². The smallest absolute Gasteiger partial charge is 0.251 e. The lowest BCUT2D eigenvalue weighted by Gasteiger charge is -2.13. The van der Waals surface area contributed by atoms with Crippen LogP contribution in [0, 0.1) is 5.41 Å². The highest BCUT2D eigenvalue weighted by Gasteiger charge is 2.18. The zero-order valence-electron chi connectivity index (χ0n) is 17.0. The molecule has 158 valence electrons. The number of carbonyl (C=O) groups excluding carboxylic acids is 1. The molecule has 0 aliphatic heterocycles. The van der Waals surface area contributed by atoms with Crippen LogP contribution in [0.5, 0.6) is 0 Å². The van der Waals surface area contributed by atoms with Gasteiger partial charge in [0.05, 0.1) is 4.90 Å². The fourth-order valence-corrected chi connectivity index (χ4v) is 3.40. The molecule has 0 saturated heterocycles. The van der Waals surface area contributed by atoms with Gasteiger partial charge in [-0.1, -0.05) is 50.2 Å². The van der Waals surface area contributed by atoms with Gasteiger partial charge < -0.3 is 9.84 Å². The number of hydrogen-bond donors (Lipinski definition) is 2. The average Bonchev–Trinajstić information content (AvgIpc) is 3.12. The minimum Gasteiger partial charge on any atom is -0.348 e. The van der Waals surface area contributed by atoms with E-state index in [2.05, 4.69) is 36.2 Å². The maximum absolute atomic E-state index is 12.6. The number of nitrogens with two attached hydrogens (primary N) is 1. The van der Waals surface area contributed by atoms with Crippen molar-refractivity contribution in [1.82, 2.24) is 15.5 Å². The summed E-state index contributed by atoms with van der Waals surface area (Å²) >= 11 is 0. The highest BCUT2D eigenvalue weighted by Crippen LogP contribution is 2.22. The van der Waals surface area contributed by atoms with Gasteiger partial charge in [0.25, 0.3) is 5.91 Å². The van der Waals surface area contributed by atoms with Gasteiger partial charge in [0.2, 0.25) is 21.7 Å². The number of carbonyl (C=O) groups is 1. The molecule has 1 amide bonds. The first-order chi connectivity index (χ1) is 14.0. The molecule has 0 bridgehead atoms. The van der Waals surface area contributed by atoms with Crippen molar-refractivity contribution < 1.29 is 17.7 Å². The Morgan fingerprint density at radius 2 is 1.87 bits per heavy atom. The second kappa shape index (κ2) is 8.37. The van der Waals surface area contributed by atoms with Crippen LogP contribution in [0.25, 0.3) is 11.4 Å². The fourth-order valence-electron chi connectivity index (χ4n) is 2.81. The monoisotopic (exact) mass is 428 g/mol. The third-order valence-corrected chi connectivity index (χ3v) is 5.12. The minimum absolute atomic E-state index is 0.000543. The van der Waals surface area contributed by atoms with Crippen molar-refractivity contribution in [2.75, 3.05) is 0 Å². The summed E-state index contributed by atoms with van der Waals surface area (Å²) in [4.78, 5) is 17.0. The molecule has 3 N–H and O–H groups in total. The SMILES string of the molecule is CC(C)(C)Cc1nc(-c2cccc(C(=O)NCc3cccc(S(N)(=O)=O)c3)c2)no1. The van der Waals surface area contributed by atoms with Gasteiger partial charge >= 0.3 is 0 Å². The zero-order valence-corrected chi connectivity index (χ0v) is 17.9. The van der Waals surface area contributed by atoms with Gasteiger partial charge in [-0.2, -0.15) is 4.98 Å². The first-order valence-corrected chi connectivity index (χ1v) is 10.9. The molecule has 0 aliphatic carbocycles. The molecule has 0 unspecified atom stereocenters. The van der Waals surface area contributed by atoms with E-state index in [0.29, 0.717) is 34.8 Å². The zero-order chi connectivity index (χ0) is 21.9. The van der Waals surface area contributed by atoms with Gasteiger partial charge in [-0.05, 0) is 35.2 Å². The normalized spacial score (nSPS) is 12.0. The van der Waals surface area contributed by atoms with Gasteiger partial charge in [-0.3, -0.25) is 4.79 Å². The molecular formula is C21H24N4O4S. The van der Waals surface area contributed by atoms with Crippen LogP contribution in [-0.4, -0.2) is 24.5 Å². The van der Waals surface area contributed by atoms with Crippen LogP contribution >= 0.6 is 0 Å². The van der Waals surface area contributed by atoms with Crippen molar-refractivity contribution >= 4 is 15.9 Å². The number of nitrogens with zero attached hydrogens (tertiary/aromatic N) is 2. The Balaban J connectivity index is 1.71. The molecule has 0 aliphatic rings. The molecule has 0 atom stereocenters. The summed E-state index contributed by atoms with van der Waals surface area (Å²) in [6.07, 6.45) is 0.651. The van der Waals surface area contributed by atoms with Gasteiger partial charge in [-0.25, -0.2) is 13.6 Å². The number of hydrogen-bond acceptors (Lipinski definition) is 6. The van der Waals surface area contributed by atoms with Crippen molar-refractivity contribution in [1.29, 1.82) is 0 Å². The number of rotatable bonds is 6. The molecule has 1 aromatic heterocycles. The topological polar surface area (TPSA) is 128 Å². The number of sulfonamides is 1. The molecule has 1 heterocycles. The molecule has 3 rings (SSSR count). The summed E-state index contributed by atoms with van der Waals surface area (Å²) in [6, 6.07) is 13.0. The lowest BCUT2D eigenvalue weighted by atomic mass is 9.92. The summed E-state index contributed by atoms with van der Waals surface area (Å²) in [7, 11) is -3.80. The van der Waals surface area contributed by atoms with Crippen LogP contribution in [0.2, 0.25) is 0 Å². The van der Waals surface area contributed by atoms with E-state index in [1.807, 2.05) is 0 Å². The van der Waals surface area contributed by atoms with E-state index in [4.69, 9.17) is 9.66 Å². The van der Waals surface area contributed by atoms with Crippen molar-refractivity contribution in [3.05, 3.63) is 65.5 Å². The Kier molecular flexibility index (Phi) is 6.04. The molecule has 8 nitrogen and oxygen atoms in total. The predicted molar refractivity (Wildman–Crippen MR) is 112 cm³/mol. The first-order valence-electron chi connectivity index (χ1n) is 9.34. The Morgan fingerprint density at radius 3 is 2.57 bits per heavy atom. The molecule has 0 spiro atoms. The summed E-state index contributed by atoms with van der Waals surface area (Å²) in [5, 5.41) is 11.9. The van der Waals surface area contributed by atoms with Crippen LogP contribution in [0.1, 0.15) is 42.6 Å². The highest BCUT2D eigenvalue weighted by molar-refractivity contribution is 7.89. The Morgan fingerprint density at radius 1 is 1.13 bits per heavy atom. The molecular weight excluding hydrogens is 404 g/mol. The van der Waals surface area contributed by atoms with Crippen molar-refractivity contribution in [3.63, 3.8) is 0 Å². The Labute approximate surface area is 175 Å². The molecule has 3 aromatic rings. The average molecular weight is 429 g/mol. The van der Waals surface area contributed by atoms with E-state index in [0.717, 1.165) is 0 Å². The van der Waals surface area contributed by atoms with Gasteiger partial charge in [0.15, 0.2) is 0 Å². The molecule has 0 saturated carbocycles. The van der Waals surface area contributed by atoms with E-state index < -0.39 is 10.0 Å². The van der Waals surface area contributed by atoms with Crippen LogP contribution < -0.4 is 10.5 Å². The molecule has 0 fully saturated rings. The van der Waals surface area contributed by atoms with E-state index in [-0.39, 0.29) is 22.8 Å². The molecule has 0 radical (unpaired) electrons. The molecule has 30 heavy (non-hydrogen) atoms. The standard InChI is InChI=1S/C21H24N4O4S/c1-21(2,3)12-18-24-19(25-29-18)15-7-5-8-16(11-15)20(26)23-13-14-6-4-9-17(10-14)30(22,27)28/h4-11H,12-13H2,1-3H3,(H,23,26)(H2,22,27,28). The largest absolute Gasteiger partial charge is 0.348 e. The molecule has 9 heteroatoms. The second-order valence-electron chi connectivity index (χ2n) is 8.21. The van der Waals surface area contributed by atoms with Gasteiger partial charge in [-0.15, -0.1) is 0 Å². The number of amides is 1. The number of aromatic nitrogens is 2. The van der Waals surface area contributed by atoms with E-state index >= 15 is 0 Å². The number of benzene rings is 2. The summed E-state index contributed by atoms with van der Waals surface area (Å²) in [5.41, 5.74) is 1.74. The second-order valence-corrected chi connectivity index (χ2v) is 9.77. The Hall–Kier alpha value is -3.04. The maximum Gasteiger partial charge on any atom is 0.251 e. The number of primary sulfonamides is 1.